The van der Waals surface area contributed by atoms with Crippen LogP contribution >= 0.6 is 0 Å². The quantitative estimate of drug-likeness (QED) is 0.646. The van der Waals surface area contributed by atoms with Gasteiger partial charge in [0.25, 0.3) is 5.91 Å². The molecule has 1 aromatic rings. The minimum Gasteiger partial charge on any atom is -0.388 e. The van der Waals surface area contributed by atoms with Crippen molar-refractivity contribution < 1.29 is 4.79 Å². The molecule has 3 heteroatoms. The molecule has 2 rings (SSSR count). The van der Waals surface area contributed by atoms with E-state index < -0.39 is 0 Å². The summed E-state index contributed by atoms with van der Waals surface area (Å²) >= 11 is 0. The van der Waals surface area contributed by atoms with Gasteiger partial charge in [-0.2, -0.15) is 0 Å². The van der Waals surface area contributed by atoms with E-state index in [0.717, 1.165) is 16.8 Å². The minimum absolute atomic E-state index is 0.0297. The SMILES string of the molecule is CNc1ccc2c(c1)C(=O)NC2. The molecule has 0 bridgehead atoms. The molecule has 62 valence electrons. The number of rotatable bonds is 1. The predicted molar refractivity (Wildman–Crippen MR) is 47.2 cm³/mol. The van der Waals surface area contributed by atoms with Crippen LogP contribution in [0.4, 0.5) is 5.69 Å². The van der Waals surface area contributed by atoms with Crippen molar-refractivity contribution >= 4 is 11.6 Å². The Morgan fingerprint density at radius 3 is 3.08 bits per heavy atom. The van der Waals surface area contributed by atoms with Crippen molar-refractivity contribution in [1.29, 1.82) is 0 Å². The van der Waals surface area contributed by atoms with Gasteiger partial charge in [0.15, 0.2) is 0 Å². The number of nitrogens with one attached hydrogen (secondary N) is 2. The molecule has 1 amide bonds. The van der Waals surface area contributed by atoms with Crippen molar-refractivity contribution in [2.45, 2.75) is 6.54 Å². The molecule has 1 aliphatic heterocycles. The van der Waals surface area contributed by atoms with Crippen molar-refractivity contribution in [3.63, 3.8) is 0 Å². The first kappa shape index (κ1) is 7.16. The first-order valence-corrected chi connectivity index (χ1v) is 3.90. The van der Waals surface area contributed by atoms with Crippen LogP contribution in [-0.2, 0) is 6.54 Å². The minimum atomic E-state index is 0.0297. The van der Waals surface area contributed by atoms with Crippen molar-refractivity contribution in [3.05, 3.63) is 29.3 Å². The number of hydrogen-bond donors (Lipinski definition) is 2. The van der Waals surface area contributed by atoms with Crippen molar-refractivity contribution in [2.24, 2.45) is 0 Å². The molecule has 3 nitrogen and oxygen atoms in total. The van der Waals surface area contributed by atoms with Gasteiger partial charge in [-0.25, -0.2) is 0 Å². The van der Waals surface area contributed by atoms with Crippen LogP contribution in [-0.4, -0.2) is 13.0 Å². The van der Waals surface area contributed by atoms with Gasteiger partial charge in [0, 0.05) is 24.8 Å². The van der Waals surface area contributed by atoms with E-state index in [1.54, 1.807) is 0 Å². The van der Waals surface area contributed by atoms with Crippen LogP contribution in [0.1, 0.15) is 15.9 Å². The lowest BCUT2D eigenvalue weighted by atomic mass is 10.1. The molecule has 0 aliphatic carbocycles. The summed E-state index contributed by atoms with van der Waals surface area (Å²) in [4.78, 5) is 11.2. The number of fused-ring (bicyclic) bond motifs is 1. The van der Waals surface area contributed by atoms with Crippen LogP contribution in [0.5, 0.6) is 0 Å². The molecule has 0 fully saturated rings. The Kier molecular flexibility index (Phi) is 1.50. The highest BCUT2D eigenvalue weighted by Gasteiger charge is 2.17. The highest BCUT2D eigenvalue weighted by Crippen LogP contribution is 2.19. The van der Waals surface area contributed by atoms with E-state index in [9.17, 15) is 4.79 Å². The smallest absolute Gasteiger partial charge is 0.251 e. The second-order valence-electron chi connectivity index (χ2n) is 2.80. The summed E-state index contributed by atoms with van der Waals surface area (Å²) in [6.07, 6.45) is 0. The zero-order valence-corrected chi connectivity index (χ0v) is 6.85. The first-order valence-electron chi connectivity index (χ1n) is 3.90. The van der Waals surface area contributed by atoms with Gasteiger partial charge in [-0.15, -0.1) is 0 Å². The number of carbonyl (C=O) groups excluding carboxylic acids is 1. The lowest BCUT2D eigenvalue weighted by Crippen LogP contribution is -2.12. The summed E-state index contributed by atoms with van der Waals surface area (Å²) in [5.41, 5.74) is 2.85. The summed E-state index contributed by atoms with van der Waals surface area (Å²) in [7, 11) is 1.84. The van der Waals surface area contributed by atoms with Gasteiger partial charge in [-0.05, 0) is 17.7 Å². The van der Waals surface area contributed by atoms with Gasteiger partial charge in [-0.3, -0.25) is 4.79 Å². The van der Waals surface area contributed by atoms with Gasteiger partial charge in [0.2, 0.25) is 0 Å². The Balaban J connectivity index is 2.50. The molecule has 1 aliphatic rings. The van der Waals surface area contributed by atoms with E-state index in [-0.39, 0.29) is 5.91 Å². The van der Waals surface area contributed by atoms with E-state index in [0.29, 0.717) is 6.54 Å². The van der Waals surface area contributed by atoms with E-state index in [1.807, 2.05) is 25.2 Å². The van der Waals surface area contributed by atoms with Crippen LogP contribution in [0.15, 0.2) is 18.2 Å². The molecule has 2 N–H and O–H groups in total. The molecule has 1 heterocycles. The molecular formula is C9H10N2O. The maximum Gasteiger partial charge on any atom is 0.251 e. The topological polar surface area (TPSA) is 41.1 Å². The van der Waals surface area contributed by atoms with Crippen LogP contribution in [0.25, 0.3) is 0 Å². The van der Waals surface area contributed by atoms with Crippen LogP contribution in [0.2, 0.25) is 0 Å². The molecule has 1 aromatic carbocycles. The maximum atomic E-state index is 11.2. The van der Waals surface area contributed by atoms with Crippen LogP contribution < -0.4 is 10.6 Å². The van der Waals surface area contributed by atoms with E-state index >= 15 is 0 Å². The van der Waals surface area contributed by atoms with Gasteiger partial charge < -0.3 is 10.6 Å². The molecule has 0 unspecified atom stereocenters. The molecule has 0 saturated carbocycles. The fourth-order valence-electron chi connectivity index (χ4n) is 1.37. The predicted octanol–water partition coefficient (Wildman–Crippen LogP) is 0.972. The van der Waals surface area contributed by atoms with Gasteiger partial charge in [-0.1, -0.05) is 6.07 Å². The fourth-order valence-corrected chi connectivity index (χ4v) is 1.37. The first-order chi connectivity index (χ1) is 5.81. The monoisotopic (exact) mass is 162 g/mol. The molecule has 0 aromatic heterocycles. The Bertz CT molecular complexity index is 333. The van der Waals surface area contributed by atoms with Crippen LogP contribution in [0.3, 0.4) is 0 Å². The third-order valence-corrected chi connectivity index (χ3v) is 2.08. The van der Waals surface area contributed by atoms with Crippen molar-refractivity contribution in [3.8, 4) is 0 Å². The second kappa shape index (κ2) is 2.52. The molecule has 0 atom stereocenters. The summed E-state index contributed by atoms with van der Waals surface area (Å²) < 4.78 is 0. The standard InChI is InChI=1S/C9H10N2O/c1-10-7-3-2-6-5-11-9(12)8(6)4-7/h2-4,10H,5H2,1H3,(H,11,12). The Morgan fingerprint density at radius 1 is 1.50 bits per heavy atom. The highest BCUT2D eigenvalue weighted by molar-refractivity contribution is 5.99. The molecule has 0 radical (unpaired) electrons. The van der Waals surface area contributed by atoms with Gasteiger partial charge in [0.05, 0.1) is 0 Å². The number of hydrogen-bond acceptors (Lipinski definition) is 2. The van der Waals surface area contributed by atoms with Gasteiger partial charge >= 0.3 is 0 Å². The second-order valence-corrected chi connectivity index (χ2v) is 2.80. The summed E-state index contributed by atoms with van der Waals surface area (Å²) in [5.74, 6) is 0.0297. The van der Waals surface area contributed by atoms with Crippen LogP contribution in [0, 0.1) is 0 Å². The Labute approximate surface area is 70.8 Å². The zero-order chi connectivity index (χ0) is 8.55. The molecule has 0 saturated heterocycles. The molecule has 0 spiro atoms. The third-order valence-electron chi connectivity index (χ3n) is 2.08. The molecular weight excluding hydrogens is 152 g/mol. The maximum absolute atomic E-state index is 11.2. The molecule has 12 heavy (non-hydrogen) atoms. The fraction of sp³-hybridized carbons (Fsp3) is 0.222. The van der Waals surface area contributed by atoms with Crippen molar-refractivity contribution in [1.82, 2.24) is 5.32 Å². The van der Waals surface area contributed by atoms with E-state index in [1.165, 1.54) is 0 Å². The Hall–Kier alpha value is -1.51. The third kappa shape index (κ3) is 0.942. The normalized spacial score (nSPS) is 13.9. The average Bonchev–Trinajstić information content (AvgIpc) is 2.47. The van der Waals surface area contributed by atoms with Crippen molar-refractivity contribution in [2.75, 3.05) is 12.4 Å². The zero-order valence-electron chi connectivity index (χ0n) is 6.85. The number of anilines is 1. The Morgan fingerprint density at radius 2 is 2.33 bits per heavy atom. The van der Waals surface area contributed by atoms with E-state index in [2.05, 4.69) is 10.6 Å². The number of benzene rings is 1. The lowest BCUT2D eigenvalue weighted by Gasteiger charge is -2.00. The van der Waals surface area contributed by atoms with E-state index in [4.69, 9.17) is 0 Å². The highest BCUT2D eigenvalue weighted by atomic mass is 16.1. The summed E-state index contributed by atoms with van der Waals surface area (Å²) in [5, 5.41) is 5.77. The summed E-state index contributed by atoms with van der Waals surface area (Å²) in [6, 6.07) is 5.82. The lowest BCUT2D eigenvalue weighted by molar-refractivity contribution is 0.0966. The number of carbonyl (C=O) groups is 1. The van der Waals surface area contributed by atoms with Gasteiger partial charge in [0.1, 0.15) is 0 Å². The average molecular weight is 162 g/mol. The number of amides is 1. The largest absolute Gasteiger partial charge is 0.388 e. The summed E-state index contributed by atoms with van der Waals surface area (Å²) in [6.45, 7) is 0.665.